The van der Waals surface area contributed by atoms with E-state index in [0.717, 1.165) is 16.1 Å². The van der Waals surface area contributed by atoms with Crippen LogP contribution in [0.15, 0.2) is 85.1 Å². The van der Waals surface area contributed by atoms with Crippen molar-refractivity contribution in [2.45, 2.75) is 19.5 Å². The minimum atomic E-state index is -0.183. The maximum absolute atomic E-state index is 12.8. The van der Waals surface area contributed by atoms with E-state index in [1.807, 2.05) is 66.7 Å². The highest BCUT2D eigenvalue weighted by molar-refractivity contribution is 7.17. The molecule has 0 saturated carbocycles. The Balaban J connectivity index is 1.43. The lowest BCUT2D eigenvalue weighted by Crippen LogP contribution is -2.18. The Labute approximate surface area is 190 Å². The monoisotopic (exact) mass is 447 g/mol. The standard InChI is InChI=1S/C25H22ClN3OS/c1-17(19-7-3-2-4-8-19)28-16-18-10-11-20(26)22(15-18)29-25(30)24-13-12-23(31-24)21-9-5-6-14-27-21/h2-15,17,28H,16H2,1H3,(H,29,30). The van der Waals surface area contributed by atoms with Crippen LogP contribution in [-0.4, -0.2) is 10.9 Å². The quantitative estimate of drug-likeness (QED) is 0.337. The van der Waals surface area contributed by atoms with E-state index < -0.39 is 0 Å². The van der Waals surface area contributed by atoms with Gasteiger partial charge in [0.25, 0.3) is 5.91 Å². The molecule has 0 saturated heterocycles. The van der Waals surface area contributed by atoms with Gasteiger partial charge in [0.2, 0.25) is 0 Å². The number of aromatic nitrogens is 1. The van der Waals surface area contributed by atoms with Gasteiger partial charge in [-0.15, -0.1) is 11.3 Å². The van der Waals surface area contributed by atoms with Gasteiger partial charge < -0.3 is 10.6 Å². The molecular weight excluding hydrogens is 426 g/mol. The Morgan fingerprint density at radius 1 is 1.03 bits per heavy atom. The summed E-state index contributed by atoms with van der Waals surface area (Å²) in [6, 6.07) is 25.6. The second kappa shape index (κ2) is 9.88. The molecule has 156 valence electrons. The number of hydrogen-bond donors (Lipinski definition) is 2. The molecule has 2 heterocycles. The zero-order chi connectivity index (χ0) is 21.6. The molecule has 4 rings (SSSR count). The number of carbonyl (C=O) groups is 1. The molecule has 0 aliphatic carbocycles. The highest BCUT2D eigenvalue weighted by atomic mass is 35.5. The fraction of sp³-hybridized carbons (Fsp3) is 0.120. The molecule has 2 N–H and O–H groups in total. The number of thiophene rings is 1. The fourth-order valence-electron chi connectivity index (χ4n) is 3.20. The highest BCUT2D eigenvalue weighted by Crippen LogP contribution is 2.29. The van der Waals surface area contributed by atoms with Crippen LogP contribution in [-0.2, 0) is 6.54 Å². The first-order valence-electron chi connectivity index (χ1n) is 9.99. The third-order valence-electron chi connectivity index (χ3n) is 4.94. The van der Waals surface area contributed by atoms with Crippen molar-refractivity contribution < 1.29 is 4.79 Å². The van der Waals surface area contributed by atoms with E-state index in [4.69, 9.17) is 11.6 Å². The zero-order valence-electron chi connectivity index (χ0n) is 17.0. The van der Waals surface area contributed by atoms with Crippen LogP contribution in [0.25, 0.3) is 10.6 Å². The number of pyridine rings is 1. The lowest BCUT2D eigenvalue weighted by molar-refractivity contribution is 0.103. The predicted molar refractivity (Wildman–Crippen MR) is 129 cm³/mol. The Morgan fingerprint density at radius 2 is 1.84 bits per heavy atom. The third-order valence-corrected chi connectivity index (χ3v) is 6.37. The van der Waals surface area contributed by atoms with E-state index in [1.165, 1.54) is 16.9 Å². The summed E-state index contributed by atoms with van der Waals surface area (Å²) in [6.07, 6.45) is 1.74. The smallest absolute Gasteiger partial charge is 0.265 e. The Hall–Kier alpha value is -2.99. The first kappa shape index (κ1) is 21.2. The van der Waals surface area contributed by atoms with Crippen molar-refractivity contribution in [1.29, 1.82) is 0 Å². The maximum atomic E-state index is 12.8. The first-order chi connectivity index (χ1) is 15.1. The summed E-state index contributed by atoms with van der Waals surface area (Å²) in [5, 5.41) is 6.96. The van der Waals surface area contributed by atoms with E-state index in [-0.39, 0.29) is 11.9 Å². The second-order valence-electron chi connectivity index (χ2n) is 7.16. The predicted octanol–water partition coefficient (Wildman–Crippen LogP) is 6.57. The fourth-order valence-corrected chi connectivity index (χ4v) is 4.24. The molecule has 0 radical (unpaired) electrons. The van der Waals surface area contributed by atoms with Gasteiger partial charge in [0.15, 0.2) is 0 Å². The molecule has 0 spiro atoms. The van der Waals surface area contributed by atoms with E-state index in [0.29, 0.717) is 22.1 Å². The molecule has 1 amide bonds. The topological polar surface area (TPSA) is 54.0 Å². The van der Waals surface area contributed by atoms with Gasteiger partial charge in [0.05, 0.1) is 26.2 Å². The number of anilines is 1. The van der Waals surface area contributed by atoms with Gasteiger partial charge in [0.1, 0.15) is 0 Å². The van der Waals surface area contributed by atoms with Crippen molar-refractivity contribution in [2.75, 3.05) is 5.32 Å². The van der Waals surface area contributed by atoms with E-state index >= 15 is 0 Å². The summed E-state index contributed by atoms with van der Waals surface area (Å²) in [5.74, 6) is -0.183. The molecule has 4 aromatic rings. The summed E-state index contributed by atoms with van der Waals surface area (Å²) in [5.41, 5.74) is 3.73. The SMILES string of the molecule is CC(NCc1ccc(Cl)c(NC(=O)c2ccc(-c3ccccn3)s2)c1)c1ccccc1. The molecule has 2 aromatic heterocycles. The number of benzene rings is 2. The second-order valence-corrected chi connectivity index (χ2v) is 8.65. The maximum Gasteiger partial charge on any atom is 0.265 e. The minimum Gasteiger partial charge on any atom is -0.320 e. The molecular formula is C25H22ClN3OS. The molecule has 0 aliphatic heterocycles. The molecule has 31 heavy (non-hydrogen) atoms. The van der Waals surface area contributed by atoms with Crippen molar-refractivity contribution >= 4 is 34.5 Å². The van der Waals surface area contributed by atoms with Crippen LogP contribution in [0.5, 0.6) is 0 Å². The van der Waals surface area contributed by atoms with Gasteiger partial charge in [-0.3, -0.25) is 9.78 Å². The van der Waals surface area contributed by atoms with Crippen molar-refractivity contribution in [3.63, 3.8) is 0 Å². The Bertz CT molecular complexity index is 1160. The van der Waals surface area contributed by atoms with E-state index in [2.05, 4.69) is 34.7 Å². The van der Waals surface area contributed by atoms with Crippen LogP contribution in [0.4, 0.5) is 5.69 Å². The zero-order valence-corrected chi connectivity index (χ0v) is 18.6. The van der Waals surface area contributed by atoms with Crippen LogP contribution in [0.2, 0.25) is 5.02 Å². The average molecular weight is 448 g/mol. The van der Waals surface area contributed by atoms with Crippen LogP contribution in [0.1, 0.15) is 33.8 Å². The van der Waals surface area contributed by atoms with Crippen molar-refractivity contribution in [3.05, 3.63) is 106 Å². The number of nitrogens with zero attached hydrogens (tertiary/aromatic N) is 1. The largest absolute Gasteiger partial charge is 0.320 e. The summed E-state index contributed by atoms with van der Waals surface area (Å²) in [6.45, 7) is 2.79. The van der Waals surface area contributed by atoms with Gasteiger partial charge in [-0.25, -0.2) is 0 Å². The van der Waals surface area contributed by atoms with Crippen LogP contribution in [0, 0.1) is 0 Å². The number of hydrogen-bond acceptors (Lipinski definition) is 4. The first-order valence-corrected chi connectivity index (χ1v) is 11.2. The average Bonchev–Trinajstić information content (AvgIpc) is 3.31. The number of nitrogens with one attached hydrogen (secondary N) is 2. The van der Waals surface area contributed by atoms with Crippen LogP contribution in [0.3, 0.4) is 0 Å². The molecule has 1 unspecified atom stereocenters. The van der Waals surface area contributed by atoms with Crippen molar-refractivity contribution in [3.8, 4) is 10.6 Å². The Kier molecular flexibility index (Phi) is 6.77. The molecule has 2 aromatic carbocycles. The van der Waals surface area contributed by atoms with Crippen LogP contribution < -0.4 is 10.6 Å². The van der Waals surface area contributed by atoms with Gasteiger partial charge >= 0.3 is 0 Å². The normalized spacial score (nSPS) is 11.8. The third kappa shape index (κ3) is 5.39. The minimum absolute atomic E-state index is 0.183. The molecule has 6 heteroatoms. The van der Waals surface area contributed by atoms with Gasteiger partial charge in [-0.2, -0.15) is 0 Å². The van der Waals surface area contributed by atoms with E-state index in [1.54, 1.807) is 6.20 Å². The lowest BCUT2D eigenvalue weighted by atomic mass is 10.1. The van der Waals surface area contributed by atoms with Crippen molar-refractivity contribution in [2.24, 2.45) is 0 Å². The number of halogens is 1. The van der Waals surface area contributed by atoms with Gasteiger partial charge in [-0.1, -0.05) is 54.1 Å². The van der Waals surface area contributed by atoms with Gasteiger partial charge in [-0.05, 0) is 54.4 Å². The molecule has 0 fully saturated rings. The number of carbonyl (C=O) groups excluding carboxylic acids is 1. The molecule has 4 nitrogen and oxygen atoms in total. The summed E-state index contributed by atoms with van der Waals surface area (Å²) >= 11 is 7.75. The summed E-state index contributed by atoms with van der Waals surface area (Å²) in [4.78, 5) is 18.7. The van der Waals surface area contributed by atoms with Crippen LogP contribution >= 0.6 is 22.9 Å². The number of rotatable bonds is 7. The van der Waals surface area contributed by atoms with E-state index in [9.17, 15) is 4.79 Å². The number of amides is 1. The summed E-state index contributed by atoms with van der Waals surface area (Å²) in [7, 11) is 0. The molecule has 1 atom stereocenters. The molecule has 0 aliphatic rings. The summed E-state index contributed by atoms with van der Waals surface area (Å²) < 4.78 is 0. The highest BCUT2D eigenvalue weighted by Gasteiger charge is 2.13. The molecule has 0 bridgehead atoms. The lowest BCUT2D eigenvalue weighted by Gasteiger charge is -2.15. The Morgan fingerprint density at radius 3 is 2.61 bits per heavy atom. The van der Waals surface area contributed by atoms with Crippen molar-refractivity contribution in [1.82, 2.24) is 10.3 Å². The van der Waals surface area contributed by atoms with Gasteiger partial charge in [0, 0.05) is 18.8 Å².